The van der Waals surface area contributed by atoms with E-state index in [2.05, 4.69) is 10.3 Å². The summed E-state index contributed by atoms with van der Waals surface area (Å²) in [6.45, 7) is 3.15. The number of nitrogens with zero attached hydrogens (tertiary/aromatic N) is 1. The third-order valence-electron chi connectivity index (χ3n) is 2.69. The molecule has 6 nitrogen and oxygen atoms in total. The van der Waals surface area contributed by atoms with Crippen LogP contribution in [-0.4, -0.2) is 29.1 Å². The van der Waals surface area contributed by atoms with Crippen molar-refractivity contribution in [2.45, 2.75) is 20.4 Å². The van der Waals surface area contributed by atoms with E-state index in [9.17, 15) is 9.59 Å². The van der Waals surface area contributed by atoms with Crippen LogP contribution >= 0.6 is 0 Å². The molecule has 0 bridgehead atoms. The lowest BCUT2D eigenvalue weighted by Gasteiger charge is -2.07. The summed E-state index contributed by atoms with van der Waals surface area (Å²) >= 11 is 0. The topological polar surface area (TPSA) is 88.5 Å². The van der Waals surface area contributed by atoms with Crippen molar-refractivity contribution in [1.29, 1.82) is 0 Å². The van der Waals surface area contributed by atoms with Crippen LogP contribution in [0.2, 0.25) is 0 Å². The average Bonchev–Trinajstić information content (AvgIpc) is 2.43. The van der Waals surface area contributed by atoms with Gasteiger partial charge in [-0.2, -0.15) is 0 Å². The second kappa shape index (κ2) is 6.53. The van der Waals surface area contributed by atoms with E-state index in [-0.39, 0.29) is 17.7 Å². The van der Waals surface area contributed by atoms with Gasteiger partial charge in [0.05, 0.1) is 7.11 Å². The maximum atomic E-state index is 11.7. The maximum absolute atomic E-state index is 11.7. The minimum Gasteiger partial charge on any atom is -0.481 e. The van der Waals surface area contributed by atoms with E-state index in [1.807, 2.05) is 0 Å². The Morgan fingerprint density at radius 3 is 2.63 bits per heavy atom. The highest BCUT2D eigenvalue weighted by Crippen LogP contribution is 2.09. The molecule has 1 rings (SSSR count). The first kappa shape index (κ1) is 14.7. The lowest BCUT2D eigenvalue weighted by Crippen LogP contribution is -2.25. The zero-order valence-corrected chi connectivity index (χ0v) is 11.1. The number of nitrogens with one attached hydrogen (secondary N) is 1. The molecular formula is C13H16N2O4. The molecule has 0 fully saturated rings. The van der Waals surface area contributed by atoms with Crippen LogP contribution in [0.5, 0.6) is 5.88 Å². The number of aliphatic carboxylic acids is 1. The van der Waals surface area contributed by atoms with Crippen molar-refractivity contribution in [2.24, 2.45) is 0 Å². The molecule has 0 aliphatic carbocycles. The minimum atomic E-state index is -1.10. The summed E-state index contributed by atoms with van der Waals surface area (Å²) in [5.74, 6) is -1.05. The van der Waals surface area contributed by atoms with Crippen LogP contribution in [0.3, 0.4) is 0 Å². The zero-order chi connectivity index (χ0) is 14.4. The van der Waals surface area contributed by atoms with Crippen LogP contribution in [-0.2, 0) is 16.1 Å². The monoisotopic (exact) mass is 264 g/mol. The van der Waals surface area contributed by atoms with E-state index in [4.69, 9.17) is 9.84 Å². The van der Waals surface area contributed by atoms with Gasteiger partial charge in [-0.25, -0.2) is 9.78 Å². The van der Waals surface area contributed by atoms with Gasteiger partial charge in [0.25, 0.3) is 0 Å². The molecule has 1 aromatic heterocycles. The average molecular weight is 264 g/mol. The first-order valence-corrected chi connectivity index (χ1v) is 5.63. The molecule has 0 aliphatic rings. The quantitative estimate of drug-likeness (QED) is 0.778. The smallest absolute Gasteiger partial charge is 0.331 e. The Morgan fingerprint density at radius 2 is 2.05 bits per heavy atom. The number of methoxy groups -OCH3 is 1. The number of hydrogen-bond acceptors (Lipinski definition) is 4. The molecule has 0 saturated heterocycles. The summed E-state index contributed by atoms with van der Waals surface area (Å²) in [5.41, 5.74) is 1.04. The van der Waals surface area contributed by atoms with Crippen molar-refractivity contribution in [3.63, 3.8) is 0 Å². The van der Waals surface area contributed by atoms with Crippen molar-refractivity contribution in [2.75, 3.05) is 7.11 Å². The van der Waals surface area contributed by atoms with Gasteiger partial charge in [-0.05, 0) is 25.5 Å². The molecule has 1 heterocycles. The minimum absolute atomic E-state index is 0.0322. The van der Waals surface area contributed by atoms with Gasteiger partial charge in [0.15, 0.2) is 0 Å². The van der Waals surface area contributed by atoms with Gasteiger partial charge in [-0.3, -0.25) is 4.79 Å². The number of carboxylic acid groups (broad SMARTS) is 1. The Labute approximate surface area is 111 Å². The second-order valence-corrected chi connectivity index (χ2v) is 3.94. The molecule has 0 unspecified atom stereocenters. The number of aromatic nitrogens is 1. The molecule has 0 radical (unpaired) electrons. The third-order valence-corrected chi connectivity index (χ3v) is 2.69. The zero-order valence-electron chi connectivity index (χ0n) is 11.1. The predicted octanol–water partition coefficient (Wildman–Crippen LogP) is 1.13. The number of pyridine rings is 1. The first-order chi connectivity index (χ1) is 8.95. The first-order valence-electron chi connectivity index (χ1n) is 5.63. The van der Waals surface area contributed by atoms with Crippen LogP contribution in [0.4, 0.5) is 0 Å². The van der Waals surface area contributed by atoms with E-state index in [0.717, 1.165) is 5.56 Å². The standard InChI is InChI=1S/C13H16N2O4/c1-8(9(2)13(17)18)12(16)15-7-10-4-5-14-11(6-10)19-3/h4-6H,7H2,1-3H3,(H,15,16)(H,17,18). The van der Waals surface area contributed by atoms with Crippen LogP contribution < -0.4 is 10.1 Å². The van der Waals surface area contributed by atoms with Crippen molar-refractivity contribution < 1.29 is 19.4 Å². The van der Waals surface area contributed by atoms with Gasteiger partial charge in [-0.15, -0.1) is 0 Å². The van der Waals surface area contributed by atoms with Crippen molar-refractivity contribution in [3.05, 3.63) is 35.0 Å². The number of amides is 1. The Hall–Kier alpha value is -2.37. The number of carboxylic acids is 1. The van der Waals surface area contributed by atoms with Crippen LogP contribution in [0.1, 0.15) is 19.4 Å². The molecule has 0 aliphatic heterocycles. The van der Waals surface area contributed by atoms with E-state index in [1.165, 1.54) is 21.0 Å². The molecular weight excluding hydrogens is 248 g/mol. The molecule has 0 spiro atoms. The number of carbonyl (C=O) groups is 2. The number of hydrogen-bond donors (Lipinski definition) is 2. The fourth-order valence-corrected chi connectivity index (χ4v) is 1.32. The molecule has 1 amide bonds. The molecule has 2 N–H and O–H groups in total. The Balaban J connectivity index is 2.69. The molecule has 19 heavy (non-hydrogen) atoms. The van der Waals surface area contributed by atoms with Crippen molar-refractivity contribution in [1.82, 2.24) is 10.3 Å². The molecule has 0 saturated carbocycles. The van der Waals surface area contributed by atoms with Crippen molar-refractivity contribution >= 4 is 11.9 Å². The largest absolute Gasteiger partial charge is 0.481 e. The maximum Gasteiger partial charge on any atom is 0.331 e. The van der Waals surface area contributed by atoms with Gasteiger partial charge >= 0.3 is 5.97 Å². The summed E-state index contributed by atoms with van der Waals surface area (Å²) in [4.78, 5) is 26.4. The fraction of sp³-hybridized carbons (Fsp3) is 0.308. The molecule has 0 atom stereocenters. The van der Waals surface area contributed by atoms with E-state index in [1.54, 1.807) is 18.3 Å². The van der Waals surface area contributed by atoms with E-state index < -0.39 is 11.9 Å². The summed E-state index contributed by atoms with van der Waals surface area (Å²) in [7, 11) is 1.51. The van der Waals surface area contributed by atoms with Gasteiger partial charge in [-0.1, -0.05) is 0 Å². The lowest BCUT2D eigenvalue weighted by atomic mass is 10.1. The van der Waals surface area contributed by atoms with Crippen LogP contribution in [0, 0.1) is 0 Å². The fourth-order valence-electron chi connectivity index (χ4n) is 1.32. The summed E-state index contributed by atoms with van der Waals surface area (Å²) in [6.07, 6.45) is 1.57. The molecule has 0 aromatic carbocycles. The highest BCUT2D eigenvalue weighted by molar-refractivity contribution is 6.01. The van der Waals surface area contributed by atoms with Crippen LogP contribution in [0.25, 0.3) is 0 Å². The number of rotatable bonds is 5. The second-order valence-electron chi connectivity index (χ2n) is 3.94. The molecule has 6 heteroatoms. The van der Waals surface area contributed by atoms with Gasteiger partial charge in [0.2, 0.25) is 11.8 Å². The highest BCUT2D eigenvalue weighted by atomic mass is 16.5. The summed E-state index contributed by atoms with van der Waals surface area (Å²) in [5, 5.41) is 11.4. The third kappa shape index (κ3) is 4.09. The van der Waals surface area contributed by atoms with E-state index in [0.29, 0.717) is 5.88 Å². The highest BCUT2D eigenvalue weighted by Gasteiger charge is 2.12. The lowest BCUT2D eigenvalue weighted by molar-refractivity contribution is -0.133. The Morgan fingerprint density at radius 1 is 1.37 bits per heavy atom. The summed E-state index contributed by atoms with van der Waals surface area (Å²) < 4.78 is 4.97. The Kier molecular flexibility index (Phi) is 5.05. The van der Waals surface area contributed by atoms with Crippen molar-refractivity contribution in [3.8, 4) is 5.88 Å². The van der Waals surface area contributed by atoms with Gasteiger partial charge < -0.3 is 15.2 Å². The van der Waals surface area contributed by atoms with Gasteiger partial charge in [0.1, 0.15) is 0 Å². The normalized spacial score (nSPS) is 11.5. The predicted molar refractivity (Wildman–Crippen MR) is 68.6 cm³/mol. The number of ether oxygens (including phenoxy) is 1. The van der Waals surface area contributed by atoms with E-state index >= 15 is 0 Å². The Bertz CT molecular complexity index is 523. The van der Waals surface area contributed by atoms with Crippen LogP contribution in [0.15, 0.2) is 29.5 Å². The summed E-state index contributed by atoms with van der Waals surface area (Å²) in [6, 6.07) is 3.44. The SMILES string of the molecule is COc1cc(CNC(=O)C(C)=C(C)C(=O)O)ccn1. The number of carbonyl (C=O) groups excluding carboxylic acids is 1. The molecule has 102 valence electrons. The van der Waals surface area contributed by atoms with Gasteiger partial charge in [0, 0.05) is 30.0 Å². The molecule has 1 aromatic rings.